The van der Waals surface area contributed by atoms with Crippen molar-refractivity contribution in [2.45, 2.75) is 13.3 Å². The Morgan fingerprint density at radius 3 is 3.11 bits per heavy atom. The van der Waals surface area contributed by atoms with Gasteiger partial charge in [0, 0.05) is 37.9 Å². The first-order chi connectivity index (χ1) is 8.56. The molecule has 1 aliphatic rings. The van der Waals surface area contributed by atoms with Crippen molar-refractivity contribution < 1.29 is 14.0 Å². The van der Waals surface area contributed by atoms with Crippen LogP contribution in [0.3, 0.4) is 0 Å². The number of hydrogen-bond acceptors (Lipinski definition) is 4. The smallest absolute Gasteiger partial charge is 0.228 e. The van der Waals surface area contributed by atoms with Gasteiger partial charge < -0.3 is 0 Å². The van der Waals surface area contributed by atoms with Gasteiger partial charge in [-0.05, 0) is 12.0 Å². The topological polar surface area (TPSA) is 50.3 Å². The normalized spacial score (nSPS) is 19.3. The van der Waals surface area contributed by atoms with Crippen molar-refractivity contribution in [3.05, 3.63) is 24.1 Å². The summed E-state index contributed by atoms with van der Waals surface area (Å²) in [7, 11) is 0. The average Bonchev–Trinajstić information content (AvgIpc) is 2.68. The highest BCUT2D eigenvalue weighted by Gasteiger charge is 2.31. The largest absolute Gasteiger partial charge is 0.296 e. The van der Waals surface area contributed by atoms with E-state index < -0.39 is 5.82 Å². The average molecular weight is 268 g/mol. The third-order valence-electron chi connectivity index (χ3n) is 2.71. The standard InChI is InChI=1S/C12H13FN2O2S/c1-8(16)18-7-9-4-12(17)15(6-9)11-5-10(13)2-3-14-11/h2-3,5,9H,4,6-7H2,1H3. The number of pyridine rings is 1. The predicted molar refractivity (Wildman–Crippen MR) is 67.8 cm³/mol. The number of hydrogen-bond donors (Lipinski definition) is 0. The van der Waals surface area contributed by atoms with Gasteiger partial charge in [0.2, 0.25) is 5.91 Å². The number of amides is 1. The molecule has 6 heteroatoms. The van der Waals surface area contributed by atoms with Crippen molar-refractivity contribution in [3.63, 3.8) is 0 Å². The van der Waals surface area contributed by atoms with E-state index in [0.717, 1.165) is 0 Å². The minimum Gasteiger partial charge on any atom is -0.296 e. The van der Waals surface area contributed by atoms with Crippen LogP contribution in [-0.2, 0) is 9.59 Å². The molecule has 1 saturated heterocycles. The summed E-state index contributed by atoms with van der Waals surface area (Å²) in [5, 5.41) is 0.0461. The lowest BCUT2D eigenvalue weighted by atomic mass is 10.1. The zero-order chi connectivity index (χ0) is 13.1. The number of carbonyl (C=O) groups excluding carboxylic acids is 2. The molecule has 1 aliphatic heterocycles. The molecule has 96 valence electrons. The van der Waals surface area contributed by atoms with Gasteiger partial charge in [0.1, 0.15) is 11.6 Å². The fourth-order valence-corrected chi connectivity index (χ4v) is 2.58. The molecule has 0 N–H and O–H groups in total. The van der Waals surface area contributed by atoms with Crippen molar-refractivity contribution in [1.82, 2.24) is 4.98 Å². The summed E-state index contributed by atoms with van der Waals surface area (Å²) in [6.45, 7) is 2.00. The Morgan fingerprint density at radius 2 is 2.44 bits per heavy atom. The monoisotopic (exact) mass is 268 g/mol. The highest BCUT2D eigenvalue weighted by Crippen LogP contribution is 2.26. The van der Waals surface area contributed by atoms with Gasteiger partial charge in [0.25, 0.3) is 0 Å². The maximum atomic E-state index is 13.1. The number of rotatable bonds is 3. The molecular formula is C12H13FN2O2S. The van der Waals surface area contributed by atoms with Crippen LogP contribution in [0.15, 0.2) is 18.3 Å². The van der Waals surface area contributed by atoms with Crippen LogP contribution >= 0.6 is 11.8 Å². The Labute approximate surface area is 109 Å². The van der Waals surface area contributed by atoms with Gasteiger partial charge in [-0.2, -0.15) is 0 Å². The highest BCUT2D eigenvalue weighted by atomic mass is 32.2. The number of halogens is 1. The molecule has 1 fully saturated rings. The van der Waals surface area contributed by atoms with Gasteiger partial charge in [-0.3, -0.25) is 14.5 Å². The molecule has 1 unspecified atom stereocenters. The van der Waals surface area contributed by atoms with Crippen LogP contribution < -0.4 is 4.90 Å². The summed E-state index contributed by atoms with van der Waals surface area (Å²) in [5.74, 6) is 0.607. The van der Waals surface area contributed by atoms with E-state index in [2.05, 4.69) is 4.98 Å². The van der Waals surface area contributed by atoms with Crippen LogP contribution in [0.25, 0.3) is 0 Å². The summed E-state index contributed by atoms with van der Waals surface area (Å²) in [6, 6.07) is 2.49. The summed E-state index contributed by atoms with van der Waals surface area (Å²) in [4.78, 5) is 28.2. The third kappa shape index (κ3) is 3.07. The van der Waals surface area contributed by atoms with Crippen molar-refractivity contribution in [2.24, 2.45) is 5.92 Å². The number of aromatic nitrogens is 1. The predicted octanol–water partition coefficient (Wildman–Crippen LogP) is 1.85. The zero-order valence-electron chi connectivity index (χ0n) is 9.93. The maximum Gasteiger partial charge on any atom is 0.228 e. The second-order valence-corrected chi connectivity index (χ2v) is 5.41. The first-order valence-corrected chi connectivity index (χ1v) is 6.60. The molecule has 1 atom stereocenters. The van der Waals surface area contributed by atoms with Gasteiger partial charge in [-0.15, -0.1) is 0 Å². The van der Waals surface area contributed by atoms with Crippen LogP contribution in [0.1, 0.15) is 13.3 Å². The van der Waals surface area contributed by atoms with Crippen molar-refractivity contribution in [1.29, 1.82) is 0 Å². The van der Waals surface area contributed by atoms with Crippen molar-refractivity contribution in [3.8, 4) is 0 Å². The molecule has 4 nitrogen and oxygen atoms in total. The summed E-state index contributed by atoms with van der Waals surface area (Å²) in [6.07, 6.45) is 1.73. The highest BCUT2D eigenvalue weighted by molar-refractivity contribution is 8.13. The maximum absolute atomic E-state index is 13.1. The van der Waals surface area contributed by atoms with E-state index in [1.54, 1.807) is 0 Å². The van der Waals surface area contributed by atoms with Crippen LogP contribution in [0.5, 0.6) is 0 Å². The number of thioether (sulfide) groups is 1. The van der Waals surface area contributed by atoms with Gasteiger partial charge in [0.15, 0.2) is 5.12 Å². The van der Waals surface area contributed by atoms with Gasteiger partial charge >= 0.3 is 0 Å². The molecule has 0 saturated carbocycles. The molecule has 0 bridgehead atoms. The summed E-state index contributed by atoms with van der Waals surface area (Å²) < 4.78 is 13.1. The third-order valence-corrected chi connectivity index (χ3v) is 3.76. The number of carbonyl (C=O) groups is 2. The van der Waals surface area contributed by atoms with Crippen molar-refractivity contribution >= 4 is 28.6 Å². The Morgan fingerprint density at radius 1 is 1.67 bits per heavy atom. The lowest BCUT2D eigenvalue weighted by molar-refractivity contribution is -0.117. The quantitative estimate of drug-likeness (QED) is 0.839. The first kappa shape index (κ1) is 13.0. The van der Waals surface area contributed by atoms with Crippen LogP contribution in [0.4, 0.5) is 10.2 Å². The molecule has 0 aliphatic carbocycles. The number of nitrogens with zero attached hydrogens (tertiary/aromatic N) is 2. The fraction of sp³-hybridized carbons (Fsp3) is 0.417. The van der Waals surface area contributed by atoms with Gasteiger partial charge in [-0.1, -0.05) is 11.8 Å². The zero-order valence-corrected chi connectivity index (χ0v) is 10.7. The van der Waals surface area contributed by atoms with Gasteiger partial charge in [0.05, 0.1) is 0 Å². The molecule has 1 amide bonds. The van der Waals surface area contributed by atoms with Crippen LogP contribution in [0.2, 0.25) is 0 Å². The van der Waals surface area contributed by atoms with E-state index in [9.17, 15) is 14.0 Å². The molecule has 0 aromatic carbocycles. The molecule has 2 rings (SSSR count). The van der Waals surface area contributed by atoms with Crippen LogP contribution in [-0.4, -0.2) is 28.3 Å². The fourth-order valence-electron chi connectivity index (χ4n) is 1.89. The summed E-state index contributed by atoms with van der Waals surface area (Å²) >= 11 is 1.22. The Kier molecular flexibility index (Phi) is 3.96. The van der Waals surface area contributed by atoms with Gasteiger partial charge in [-0.25, -0.2) is 9.37 Å². The molecule has 0 spiro atoms. The van der Waals surface area contributed by atoms with E-state index in [4.69, 9.17) is 0 Å². The van der Waals surface area contributed by atoms with Crippen molar-refractivity contribution in [2.75, 3.05) is 17.2 Å². The minimum absolute atomic E-state index is 0.0461. The summed E-state index contributed by atoms with van der Waals surface area (Å²) in [5.41, 5.74) is 0. The molecular weight excluding hydrogens is 255 g/mol. The molecule has 18 heavy (non-hydrogen) atoms. The minimum atomic E-state index is -0.408. The van der Waals surface area contributed by atoms with E-state index >= 15 is 0 Å². The lowest BCUT2D eigenvalue weighted by Gasteiger charge is -2.15. The van der Waals surface area contributed by atoms with E-state index in [1.807, 2.05) is 0 Å². The van der Waals surface area contributed by atoms with E-state index in [1.165, 1.54) is 41.9 Å². The SMILES string of the molecule is CC(=O)SCC1CC(=O)N(c2cc(F)ccn2)C1. The Hall–Kier alpha value is -1.43. The molecule has 0 radical (unpaired) electrons. The molecule has 1 aromatic rings. The number of anilines is 1. The first-order valence-electron chi connectivity index (χ1n) is 5.61. The second-order valence-electron chi connectivity index (χ2n) is 4.21. The molecule has 1 aromatic heterocycles. The van der Waals surface area contributed by atoms with E-state index in [0.29, 0.717) is 24.5 Å². The second kappa shape index (κ2) is 5.48. The van der Waals surface area contributed by atoms with E-state index in [-0.39, 0.29) is 16.9 Å². The Balaban J connectivity index is 2.03. The van der Waals surface area contributed by atoms with Crippen LogP contribution in [0, 0.1) is 11.7 Å². The lowest BCUT2D eigenvalue weighted by Crippen LogP contribution is -2.25. The molecule has 2 heterocycles. The Bertz CT molecular complexity index is 481.